The van der Waals surface area contributed by atoms with Gasteiger partial charge in [-0.15, -0.1) is 0 Å². The second kappa shape index (κ2) is 6.12. The number of pyridine rings is 1. The monoisotopic (exact) mass is 298 g/mol. The maximum absolute atomic E-state index is 10.2. The SMILES string of the molecule is OC(CNc1ccc2ccccc2n1)c1ccccc1Cl. The van der Waals surface area contributed by atoms with E-state index in [1.807, 2.05) is 54.6 Å². The zero-order valence-corrected chi connectivity index (χ0v) is 12.1. The predicted octanol–water partition coefficient (Wildman–Crippen LogP) is 4.03. The molecule has 0 amide bonds. The standard InChI is InChI=1S/C17H15ClN2O/c18-14-7-3-2-6-13(14)16(21)11-19-17-10-9-12-5-1-4-8-15(12)20-17/h1-10,16,21H,11H2,(H,19,20). The van der Waals surface area contributed by atoms with Crippen LogP contribution in [0.3, 0.4) is 0 Å². The van der Waals surface area contributed by atoms with E-state index >= 15 is 0 Å². The molecule has 0 aliphatic heterocycles. The second-order valence-corrected chi connectivity index (χ2v) is 5.21. The topological polar surface area (TPSA) is 45.1 Å². The summed E-state index contributed by atoms with van der Waals surface area (Å²) < 4.78 is 0. The van der Waals surface area contributed by atoms with Gasteiger partial charge >= 0.3 is 0 Å². The summed E-state index contributed by atoms with van der Waals surface area (Å²) in [6.07, 6.45) is -0.674. The van der Waals surface area contributed by atoms with Gasteiger partial charge in [0.2, 0.25) is 0 Å². The molecule has 0 aliphatic rings. The van der Waals surface area contributed by atoms with Crippen molar-refractivity contribution in [2.75, 3.05) is 11.9 Å². The summed E-state index contributed by atoms with van der Waals surface area (Å²) in [4.78, 5) is 4.51. The first-order valence-electron chi connectivity index (χ1n) is 6.76. The Bertz CT molecular complexity index is 760. The summed E-state index contributed by atoms with van der Waals surface area (Å²) in [6, 6.07) is 19.1. The number of hydrogen-bond donors (Lipinski definition) is 2. The van der Waals surface area contributed by atoms with Gasteiger partial charge in [-0.2, -0.15) is 0 Å². The zero-order chi connectivity index (χ0) is 14.7. The van der Waals surface area contributed by atoms with Crippen molar-refractivity contribution in [3.63, 3.8) is 0 Å². The lowest BCUT2D eigenvalue weighted by molar-refractivity contribution is 0.191. The number of nitrogens with one attached hydrogen (secondary N) is 1. The Hall–Kier alpha value is -2.10. The minimum atomic E-state index is -0.674. The van der Waals surface area contributed by atoms with Crippen molar-refractivity contribution in [3.05, 3.63) is 71.2 Å². The molecule has 21 heavy (non-hydrogen) atoms. The van der Waals surface area contributed by atoms with E-state index in [0.717, 1.165) is 16.7 Å². The summed E-state index contributed by atoms with van der Waals surface area (Å²) in [5.41, 5.74) is 1.64. The summed E-state index contributed by atoms with van der Waals surface area (Å²) in [5, 5.41) is 15.0. The van der Waals surface area contributed by atoms with Crippen LogP contribution in [0.4, 0.5) is 5.82 Å². The van der Waals surface area contributed by atoms with Crippen molar-refractivity contribution in [2.24, 2.45) is 0 Å². The predicted molar refractivity (Wildman–Crippen MR) is 86.6 cm³/mol. The van der Waals surface area contributed by atoms with Gasteiger partial charge in [-0.3, -0.25) is 0 Å². The first kappa shape index (κ1) is 13.9. The van der Waals surface area contributed by atoms with E-state index in [9.17, 15) is 5.11 Å². The van der Waals surface area contributed by atoms with Crippen LogP contribution in [0.25, 0.3) is 10.9 Å². The molecule has 106 valence electrons. The van der Waals surface area contributed by atoms with Crippen molar-refractivity contribution in [1.29, 1.82) is 0 Å². The van der Waals surface area contributed by atoms with Crippen molar-refractivity contribution in [2.45, 2.75) is 6.10 Å². The van der Waals surface area contributed by atoms with Crippen LogP contribution in [-0.2, 0) is 0 Å². The van der Waals surface area contributed by atoms with Gasteiger partial charge < -0.3 is 10.4 Å². The Morgan fingerprint density at radius 3 is 2.62 bits per heavy atom. The molecule has 1 aromatic heterocycles. The van der Waals surface area contributed by atoms with Crippen molar-refractivity contribution < 1.29 is 5.11 Å². The maximum Gasteiger partial charge on any atom is 0.126 e. The van der Waals surface area contributed by atoms with E-state index in [-0.39, 0.29) is 0 Å². The Morgan fingerprint density at radius 2 is 1.76 bits per heavy atom. The van der Waals surface area contributed by atoms with Crippen molar-refractivity contribution >= 4 is 28.3 Å². The van der Waals surface area contributed by atoms with Crippen LogP contribution in [0.2, 0.25) is 5.02 Å². The molecule has 4 heteroatoms. The highest BCUT2D eigenvalue weighted by atomic mass is 35.5. The third-order valence-corrected chi connectivity index (χ3v) is 3.68. The average Bonchev–Trinajstić information content (AvgIpc) is 2.53. The van der Waals surface area contributed by atoms with E-state index in [1.54, 1.807) is 6.07 Å². The number of aliphatic hydroxyl groups excluding tert-OH is 1. The Labute approximate surface area is 128 Å². The maximum atomic E-state index is 10.2. The number of rotatable bonds is 4. The molecule has 0 aliphatic carbocycles. The van der Waals surface area contributed by atoms with Gasteiger partial charge in [-0.05, 0) is 24.3 Å². The minimum absolute atomic E-state index is 0.356. The van der Waals surface area contributed by atoms with E-state index < -0.39 is 6.10 Å². The Morgan fingerprint density at radius 1 is 1.00 bits per heavy atom. The van der Waals surface area contributed by atoms with Crippen LogP contribution in [0.5, 0.6) is 0 Å². The van der Waals surface area contributed by atoms with Gasteiger partial charge in [0.15, 0.2) is 0 Å². The van der Waals surface area contributed by atoms with Gasteiger partial charge in [0, 0.05) is 22.5 Å². The van der Waals surface area contributed by atoms with Gasteiger partial charge in [0.05, 0.1) is 11.6 Å². The third-order valence-electron chi connectivity index (χ3n) is 3.34. The van der Waals surface area contributed by atoms with Crippen molar-refractivity contribution in [3.8, 4) is 0 Å². The van der Waals surface area contributed by atoms with E-state index in [0.29, 0.717) is 17.1 Å². The lowest BCUT2D eigenvalue weighted by Crippen LogP contribution is -2.13. The number of halogens is 1. The molecule has 3 aromatic rings. The molecule has 1 heterocycles. The van der Waals surface area contributed by atoms with E-state index in [4.69, 9.17) is 11.6 Å². The largest absolute Gasteiger partial charge is 0.387 e. The number of benzene rings is 2. The summed E-state index contributed by atoms with van der Waals surface area (Å²) in [7, 11) is 0. The molecule has 3 rings (SSSR count). The minimum Gasteiger partial charge on any atom is -0.387 e. The number of aliphatic hydroxyl groups is 1. The van der Waals surface area contributed by atoms with Crippen LogP contribution in [0.1, 0.15) is 11.7 Å². The fourth-order valence-corrected chi connectivity index (χ4v) is 2.48. The van der Waals surface area contributed by atoms with Gasteiger partial charge in [0.1, 0.15) is 5.82 Å². The molecule has 1 unspecified atom stereocenters. The van der Waals surface area contributed by atoms with Crippen molar-refractivity contribution in [1.82, 2.24) is 4.98 Å². The fraction of sp³-hybridized carbons (Fsp3) is 0.118. The summed E-state index contributed by atoms with van der Waals surface area (Å²) in [6.45, 7) is 0.356. The molecular weight excluding hydrogens is 284 g/mol. The van der Waals surface area contributed by atoms with Crippen LogP contribution in [0, 0.1) is 0 Å². The fourth-order valence-electron chi connectivity index (χ4n) is 2.22. The number of fused-ring (bicyclic) bond motifs is 1. The van der Waals surface area contributed by atoms with Crippen LogP contribution in [0.15, 0.2) is 60.7 Å². The summed E-state index contributed by atoms with van der Waals surface area (Å²) in [5.74, 6) is 0.736. The first-order valence-corrected chi connectivity index (χ1v) is 7.14. The third kappa shape index (κ3) is 3.15. The molecule has 2 aromatic carbocycles. The molecule has 1 atom stereocenters. The van der Waals surface area contributed by atoms with E-state index in [1.165, 1.54) is 0 Å². The normalized spacial score (nSPS) is 12.3. The molecule has 0 bridgehead atoms. The molecule has 0 fully saturated rings. The average molecular weight is 299 g/mol. The number of hydrogen-bond acceptors (Lipinski definition) is 3. The molecular formula is C17H15ClN2O. The lowest BCUT2D eigenvalue weighted by Gasteiger charge is -2.14. The van der Waals surface area contributed by atoms with Crippen LogP contribution >= 0.6 is 11.6 Å². The van der Waals surface area contributed by atoms with Gasteiger partial charge in [0.25, 0.3) is 0 Å². The first-order chi connectivity index (χ1) is 10.2. The van der Waals surface area contributed by atoms with Gasteiger partial charge in [-0.1, -0.05) is 48.0 Å². The van der Waals surface area contributed by atoms with E-state index in [2.05, 4.69) is 10.3 Å². The Kier molecular flexibility index (Phi) is 4.04. The van der Waals surface area contributed by atoms with Crippen LogP contribution in [-0.4, -0.2) is 16.6 Å². The number of aromatic nitrogens is 1. The second-order valence-electron chi connectivity index (χ2n) is 4.81. The highest BCUT2D eigenvalue weighted by Gasteiger charge is 2.10. The smallest absolute Gasteiger partial charge is 0.126 e. The molecule has 2 N–H and O–H groups in total. The zero-order valence-electron chi connectivity index (χ0n) is 11.3. The Balaban J connectivity index is 1.73. The highest BCUT2D eigenvalue weighted by Crippen LogP contribution is 2.23. The highest BCUT2D eigenvalue weighted by molar-refractivity contribution is 6.31. The molecule has 0 saturated carbocycles. The molecule has 0 spiro atoms. The van der Waals surface area contributed by atoms with Crippen LogP contribution < -0.4 is 5.32 Å². The molecule has 3 nitrogen and oxygen atoms in total. The molecule has 0 saturated heterocycles. The summed E-state index contributed by atoms with van der Waals surface area (Å²) >= 11 is 6.08. The molecule has 0 radical (unpaired) electrons. The lowest BCUT2D eigenvalue weighted by atomic mass is 10.1. The number of para-hydroxylation sites is 1. The number of nitrogens with zero attached hydrogens (tertiary/aromatic N) is 1. The quantitative estimate of drug-likeness (QED) is 0.764. The number of anilines is 1. The van der Waals surface area contributed by atoms with Gasteiger partial charge in [-0.25, -0.2) is 4.98 Å².